The smallest absolute Gasteiger partial charge is 0.119 e. The summed E-state index contributed by atoms with van der Waals surface area (Å²) < 4.78 is 5.70. The summed E-state index contributed by atoms with van der Waals surface area (Å²) in [7, 11) is 0. The van der Waals surface area contributed by atoms with Gasteiger partial charge in [-0.05, 0) is 48.9 Å². The van der Waals surface area contributed by atoms with E-state index in [9.17, 15) is 0 Å². The summed E-state index contributed by atoms with van der Waals surface area (Å²) in [6, 6.07) is 16.3. The second-order valence-corrected chi connectivity index (χ2v) is 5.91. The number of ether oxygens (including phenoxy) is 1. The SMILES string of the molecule is Cc1ccc(OCCCSCc2ccc(N)cc2)cc1. The average molecular weight is 287 g/mol. The van der Waals surface area contributed by atoms with Gasteiger partial charge >= 0.3 is 0 Å². The summed E-state index contributed by atoms with van der Waals surface area (Å²) in [4.78, 5) is 0. The van der Waals surface area contributed by atoms with E-state index in [4.69, 9.17) is 10.5 Å². The zero-order valence-electron chi connectivity index (χ0n) is 11.8. The number of anilines is 1. The molecule has 0 unspecified atom stereocenters. The van der Waals surface area contributed by atoms with Crippen LogP contribution in [0.25, 0.3) is 0 Å². The van der Waals surface area contributed by atoms with Gasteiger partial charge in [-0.2, -0.15) is 11.8 Å². The standard InChI is InChI=1S/C17H21NOS/c1-14-3-9-17(10-4-14)19-11-2-12-20-13-15-5-7-16(18)8-6-15/h3-10H,2,11-13,18H2,1H3. The van der Waals surface area contributed by atoms with Gasteiger partial charge in [0.1, 0.15) is 5.75 Å². The molecular formula is C17H21NOS. The first kappa shape index (κ1) is 14.8. The van der Waals surface area contributed by atoms with E-state index in [-0.39, 0.29) is 0 Å². The molecule has 0 saturated carbocycles. The monoisotopic (exact) mass is 287 g/mol. The largest absolute Gasteiger partial charge is 0.494 e. The van der Waals surface area contributed by atoms with Crippen LogP contribution in [0.5, 0.6) is 5.75 Å². The summed E-state index contributed by atoms with van der Waals surface area (Å²) in [5, 5.41) is 0. The van der Waals surface area contributed by atoms with E-state index in [1.54, 1.807) is 0 Å². The molecule has 2 aromatic carbocycles. The highest BCUT2D eigenvalue weighted by atomic mass is 32.2. The lowest BCUT2D eigenvalue weighted by Gasteiger charge is -2.06. The molecule has 106 valence electrons. The molecule has 0 aliphatic heterocycles. The van der Waals surface area contributed by atoms with Gasteiger partial charge in [0.25, 0.3) is 0 Å². The highest BCUT2D eigenvalue weighted by molar-refractivity contribution is 7.98. The third-order valence-corrected chi connectivity index (χ3v) is 4.09. The van der Waals surface area contributed by atoms with Crippen molar-refractivity contribution >= 4 is 17.4 Å². The maximum atomic E-state index is 5.70. The normalized spacial score (nSPS) is 10.4. The van der Waals surface area contributed by atoms with Crippen molar-refractivity contribution in [3.8, 4) is 5.75 Å². The minimum Gasteiger partial charge on any atom is -0.494 e. The van der Waals surface area contributed by atoms with Gasteiger partial charge in [-0.25, -0.2) is 0 Å². The maximum Gasteiger partial charge on any atom is 0.119 e. The Kier molecular flexibility index (Phi) is 5.81. The molecule has 3 heteroatoms. The van der Waals surface area contributed by atoms with Gasteiger partial charge in [0.15, 0.2) is 0 Å². The summed E-state index contributed by atoms with van der Waals surface area (Å²) in [5.41, 5.74) is 9.07. The Labute approximate surface area is 125 Å². The lowest BCUT2D eigenvalue weighted by Crippen LogP contribution is -1.98. The molecule has 0 saturated heterocycles. The third-order valence-electron chi connectivity index (χ3n) is 2.97. The minimum absolute atomic E-state index is 0.776. The van der Waals surface area contributed by atoms with Crippen LogP contribution in [-0.4, -0.2) is 12.4 Å². The number of nitrogen functional groups attached to an aromatic ring is 1. The molecule has 0 radical (unpaired) electrons. The van der Waals surface area contributed by atoms with Gasteiger partial charge in [-0.15, -0.1) is 0 Å². The molecule has 2 aromatic rings. The van der Waals surface area contributed by atoms with Gasteiger partial charge in [-0.3, -0.25) is 0 Å². The van der Waals surface area contributed by atoms with E-state index in [0.29, 0.717) is 0 Å². The van der Waals surface area contributed by atoms with Crippen molar-refractivity contribution in [2.45, 2.75) is 19.1 Å². The van der Waals surface area contributed by atoms with E-state index in [2.05, 4.69) is 31.2 Å². The topological polar surface area (TPSA) is 35.2 Å². The molecule has 0 atom stereocenters. The summed E-state index contributed by atoms with van der Waals surface area (Å²) in [6.45, 7) is 2.86. The third kappa shape index (κ3) is 5.17. The number of aryl methyl sites for hydroxylation is 1. The molecule has 0 aliphatic carbocycles. The Balaban J connectivity index is 1.57. The Morgan fingerprint density at radius 3 is 2.40 bits per heavy atom. The van der Waals surface area contributed by atoms with Crippen molar-refractivity contribution in [3.63, 3.8) is 0 Å². The Morgan fingerprint density at radius 2 is 1.70 bits per heavy atom. The van der Waals surface area contributed by atoms with E-state index in [1.165, 1.54) is 11.1 Å². The average Bonchev–Trinajstić information content (AvgIpc) is 2.46. The van der Waals surface area contributed by atoms with E-state index in [0.717, 1.165) is 36.0 Å². The number of benzene rings is 2. The fraction of sp³-hybridized carbons (Fsp3) is 0.294. The van der Waals surface area contributed by atoms with Crippen LogP contribution >= 0.6 is 11.8 Å². The summed E-state index contributed by atoms with van der Waals surface area (Å²) >= 11 is 1.93. The van der Waals surface area contributed by atoms with Crippen molar-refractivity contribution in [2.24, 2.45) is 0 Å². The number of nitrogens with two attached hydrogens (primary N) is 1. The molecule has 0 aromatic heterocycles. The van der Waals surface area contributed by atoms with Gasteiger partial charge in [0.05, 0.1) is 6.61 Å². The highest BCUT2D eigenvalue weighted by Crippen LogP contribution is 2.15. The molecule has 2 N–H and O–H groups in total. The lowest BCUT2D eigenvalue weighted by atomic mass is 10.2. The van der Waals surface area contributed by atoms with E-state index < -0.39 is 0 Å². The quantitative estimate of drug-likeness (QED) is 0.610. The van der Waals surface area contributed by atoms with Crippen LogP contribution in [0.15, 0.2) is 48.5 Å². The maximum absolute atomic E-state index is 5.70. The van der Waals surface area contributed by atoms with Crippen LogP contribution in [0.2, 0.25) is 0 Å². The van der Waals surface area contributed by atoms with Crippen molar-refractivity contribution in [1.29, 1.82) is 0 Å². The minimum atomic E-state index is 0.776. The lowest BCUT2D eigenvalue weighted by molar-refractivity contribution is 0.318. The summed E-state index contributed by atoms with van der Waals surface area (Å²) in [5.74, 6) is 3.10. The Morgan fingerprint density at radius 1 is 1.00 bits per heavy atom. The summed E-state index contributed by atoms with van der Waals surface area (Å²) in [6.07, 6.45) is 1.06. The Bertz CT molecular complexity index is 458. The van der Waals surface area contributed by atoms with Gasteiger partial charge < -0.3 is 10.5 Å². The highest BCUT2D eigenvalue weighted by Gasteiger charge is 1.96. The van der Waals surface area contributed by atoms with Crippen LogP contribution in [0.3, 0.4) is 0 Å². The molecule has 20 heavy (non-hydrogen) atoms. The number of hydrogen-bond donors (Lipinski definition) is 1. The van der Waals surface area contributed by atoms with Gasteiger partial charge in [0, 0.05) is 11.4 Å². The van der Waals surface area contributed by atoms with Gasteiger partial charge in [-0.1, -0.05) is 29.8 Å². The van der Waals surface area contributed by atoms with Crippen LogP contribution in [0, 0.1) is 6.92 Å². The fourth-order valence-electron chi connectivity index (χ4n) is 1.79. The predicted molar refractivity (Wildman–Crippen MR) is 88.3 cm³/mol. The Hall–Kier alpha value is -1.61. The van der Waals surface area contributed by atoms with Crippen molar-refractivity contribution < 1.29 is 4.74 Å². The first-order valence-electron chi connectivity index (χ1n) is 6.86. The van der Waals surface area contributed by atoms with Crippen LogP contribution in [0.4, 0.5) is 5.69 Å². The fourth-order valence-corrected chi connectivity index (χ4v) is 2.68. The number of thioether (sulfide) groups is 1. The first-order chi connectivity index (χ1) is 9.74. The van der Waals surface area contributed by atoms with Gasteiger partial charge in [0.2, 0.25) is 0 Å². The van der Waals surface area contributed by atoms with Crippen LogP contribution < -0.4 is 10.5 Å². The van der Waals surface area contributed by atoms with Crippen LogP contribution in [-0.2, 0) is 5.75 Å². The van der Waals surface area contributed by atoms with Crippen LogP contribution in [0.1, 0.15) is 17.5 Å². The molecular weight excluding hydrogens is 266 g/mol. The second kappa shape index (κ2) is 7.85. The van der Waals surface area contributed by atoms with Crippen molar-refractivity contribution in [3.05, 3.63) is 59.7 Å². The molecule has 0 bridgehead atoms. The molecule has 0 heterocycles. The predicted octanol–water partition coefficient (Wildman–Crippen LogP) is 4.28. The molecule has 0 fully saturated rings. The van der Waals surface area contributed by atoms with E-state index in [1.807, 2.05) is 36.0 Å². The molecule has 0 amide bonds. The molecule has 2 nitrogen and oxygen atoms in total. The van der Waals surface area contributed by atoms with E-state index >= 15 is 0 Å². The van der Waals surface area contributed by atoms with Crippen molar-refractivity contribution in [1.82, 2.24) is 0 Å². The zero-order chi connectivity index (χ0) is 14.2. The number of rotatable bonds is 7. The zero-order valence-corrected chi connectivity index (χ0v) is 12.7. The second-order valence-electron chi connectivity index (χ2n) is 4.81. The van der Waals surface area contributed by atoms with Crippen molar-refractivity contribution in [2.75, 3.05) is 18.1 Å². The molecule has 0 spiro atoms. The molecule has 2 rings (SSSR count). The number of hydrogen-bond acceptors (Lipinski definition) is 3. The first-order valence-corrected chi connectivity index (χ1v) is 8.01. The molecule has 0 aliphatic rings.